The number of benzene rings is 2. The van der Waals surface area contributed by atoms with Crippen molar-refractivity contribution in [3.8, 4) is 5.75 Å². The zero-order valence-corrected chi connectivity index (χ0v) is 19.3. The van der Waals surface area contributed by atoms with Gasteiger partial charge >= 0.3 is 0 Å². The molecule has 0 saturated heterocycles. The molecule has 0 bridgehead atoms. The molecule has 6 nitrogen and oxygen atoms in total. The van der Waals surface area contributed by atoms with Crippen LogP contribution in [-0.4, -0.2) is 20.7 Å². The Morgan fingerprint density at radius 2 is 1.85 bits per heavy atom. The predicted molar refractivity (Wildman–Crippen MR) is 128 cm³/mol. The van der Waals surface area contributed by atoms with Crippen molar-refractivity contribution in [2.75, 3.05) is 0 Å². The van der Waals surface area contributed by atoms with Crippen molar-refractivity contribution in [3.63, 3.8) is 0 Å². The molecule has 1 unspecified atom stereocenters. The summed E-state index contributed by atoms with van der Waals surface area (Å²) in [5.41, 5.74) is 4.75. The summed E-state index contributed by atoms with van der Waals surface area (Å²) in [6, 6.07) is 18.6. The van der Waals surface area contributed by atoms with Crippen LogP contribution in [-0.2, 0) is 24.9 Å². The number of carbonyl (C=O) groups is 1. The number of aromatic nitrogens is 3. The molecule has 4 rings (SSSR count). The number of hydrogen-bond acceptors (Lipinski definition) is 4. The fraction of sp³-hybridized carbons (Fsp3) is 0.192. The van der Waals surface area contributed by atoms with E-state index in [-0.39, 0.29) is 18.4 Å². The number of nitrogens with zero attached hydrogens (tertiary/aromatic N) is 3. The van der Waals surface area contributed by atoms with E-state index in [0.717, 1.165) is 33.7 Å². The summed E-state index contributed by atoms with van der Waals surface area (Å²) in [5.74, 6) is 0.662. The molecule has 0 aliphatic carbocycles. The van der Waals surface area contributed by atoms with Gasteiger partial charge in [0.2, 0.25) is 5.91 Å². The van der Waals surface area contributed by atoms with Crippen LogP contribution in [0, 0.1) is 6.92 Å². The van der Waals surface area contributed by atoms with E-state index in [4.69, 9.17) is 16.3 Å². The predicted octanol–water partition coefficient (Wildman–Crippen LogP) is 4.80. The van der Waals surface area contributed by atoms with Crippen LogP contribution in [0.2, 0.25) is 5.02 Å². The first-order valence-corrected chi connectivity index (χ1v) is 11.0. The Bertz CT molecular complexity index is 1220. The monoisotopic (exact) mass is 460 g/mol. The van der Waals surface area contributed by atoms with Crippen molar-refractivity contribution in [2.45, 2.75) is 26.0 Å². The average molecular weight is 461 g/mol. The maximum atomic E-state index is 12.9. The molecule has 0 saturated carbocycles. The van der Waals surface area contributed by atoms with Crippen molar-refractivity contribution >= 4 is 17.5 Å². The maximum absolute atomic E-state index is 12.9. The first-order chi connectivity index (χ1) is 16.0. The van der Waals surface area contributed by atoms with E-state index in [1.165, 1.54) is 0 Å². The number of halogens is 1. The van der Waals surface area contributed by atoms with Crippen LogP contribution in [0.4, 0.5) is 0 Å². The van der Waals surface area contributed by atoms with Crippen LogP contribution in [0.5, 0.6) is 5.75 Å². The van der Waals surface area contributed by atoms with E-state index in [0.29, 0.717) is 11.6 Å². The first kappa shape index (κ1) is 22.6. The molecule has 168 valence electrons. The summed E-state index contributed by atoms with van der Waals surface area (Å²) in [4.78, 5) is 17.1. The largest absolute Gasteiger partial charge is 0.489 e. The normalized spacial score (nSPS) is 11.7. The molecule has 33 heavy (non-hydrogen) atoms. The quantitative estimate of drug-likeness (QED) is 0.410. The second-order valence-corrected chi connectivity index (χ2v) is 8.29. The van der Waals surface area contributed by atoms with Gasteiger partial charge in [0.05, 0.1) is 18.7 Å². The van der Waals surface area contributed by atoms with Crippen LogP contribution in [0.15, 0.2) is 79.3 Å². The van der Waals surface area contributed by atoms with Crippen LogP contribution in [0.25, 0.3) is 0 Å². The summed E-state index contributed by atoms with van der Waals surface area (Å²) in [6.07, 6.45) is 5.68. The van der Waals surface area contributed by atoms with Crippen molar-refractivity contribution in [2.24, 2.45) is 7.05 Å². The minimum Gasteiger partial charge on any atom is -0.489 e. The highest BCUT2D eigenvalue weighted by atomic mass is 35.5. The van der Waals surface area contributed by atoms with Crippen LogP contribution >= 0.6 is 11.6 Å². The molecule has 0 fully saturated rings. The van der Waals surface area contributed by atoms with Gasteiger partial charge < -0.3 is 10.1 Å². The van der Waals surface area contributed by atoms with Gasteiger partial charge in [-0.2, -0.15) is 5.10 Å². The summed E-state index contributed by atoms with van der Waals surface area (Å²) < 4.78 is 7.58. The second kappa shape index (κ2) is 10.3. The summed E-state index contributed by atoms with van der Waals surface area (Å²) in [6.45, 7) is 2.41. The average Bonchev–Trinajstić information content (AvgIpc) is 3.24. The highest BCUT2D eigenvalue weighted by Gasteiger charge is 2.19. The van der Waals surface area contributed by atoms with Crippen molar-refractivity contribution in [3.05, 3.63) is 112 Å². The van der Waals surface area contributed by atoms with Gasteiger partial charge in [-0.1, -0.05) is 41.9 Å². The molecule has 1 amide bonds. The molecule has 2 aromatic heterocycles. The lowest BCUT2D eigenvalue weighted by Gasteiger charge is -2.18. The molecule has 1 atom stereocenters. The fourth-order valence-corrected chi connectivity index (χ4v) is 3.66. The molecule has 0 spiro atoms. The molecule has 0 aliphatic rings. The Labute approximate surface area is 198 Å². The standard InChI is InChI=1S/C26H25ClN4O2/c1-18-21(4-3-13-28-18)17-33-24-11-5-19(6-12-24)14-25(32)30-26(22-15-29-31(2)16-22)20-7-9-23(27)10-8-20/h3-13,15-16,26H,14,17H2,1-2H3,(H,30,32). The van der Waals surface area contributed by atoms with Crippen LogP contribution < -0.4 is 10.1 Å². The molecule has 0 aliphatic heterocycles. The van der Waals surface area contributed by atoms with Gasteiger partial charge in [0.25, 0.3) is 0 Å². The maximum Gasteiger partial charge on any atom is 0.225 e. The van der Waals surface area contributed by atoms with E-state index in [1.807, 2.05) is 80.8 Å². The third-order valence-corrected chi connectivity index (χ3v) is 5.62. The smallest absolute Gasteiger partial charge is 0.225 e. The number of rotatable bonds is 8. The molecule has 7 heteroatoms. The molecule has 4 aromatic rings. The number of ether oxygens (including phenoxy) is 1. The number of hydrogen-bond donors (Lipinski definition) is 1. The van der Waals surface area contributed by atoms with Crippen LogP contribution in [0.1, 0.15) is 34.0 Å². The fourth-order valence-electron chi connectivity index (χ4n) is 3.54. The number of carbonyl (C=O) groups excluding carboxylic acids is 1. The lowest BCUT2D eigenvalue weighted by atomic mass is 10.0. The Hall–Kier alpha value is -3.64. The summed E-state index contributed by atoms with van der Waals surface area (Å²) >= 11 is 6.04. The molecular weight excluding hydrogens is 436 g/mol. The summed E-state index contributed by atoms with van der Waals surface area (Å²) in [5, 5.41) is 8.02. The third kappa shape index (κ3) is 5.99. The van der Waals surface area contributed by atoms with Gasteiger partial charge in [0.15, 0.2) is 0 Å². The molecule has 2 aromatic carbocycles. The Balaban J connectivity index is 1.40. The Morgan fingerprint density at radius 3 is 2.52 bits per heavy atom. The van der Waals surface area contributed by atoms with Gasteiger partial charge in [-0.05, 0) is 48.4 Å². The van der Waals surface area contributed by atoms with E-state index >= 15 is 0 Å². The summed E-state index contributed by atoms with van der Waals surface area (Å²) in [7, 11) is 1.85. The molecule has 2 heterocycles. The second-order valence-electron chi connectivity index (χ2n) is 7.86. The highest BCUT2D eigenvalue weighted by molar-refractivity contribution is 6.30. The Kier molecular flexibility index (Phi) is 7.05. The van der Waals surface area contributed by atoms with Crippen molar-refractivity contribution in [1.82, 2.24) is 20.1 Å². The van der Waals surface area contributed by atoms with Gasteiger partial charge in [0.1, 0.15) is 12.4 Å². The van der Waals surface area contributed by atoms with Gasteiger partial charge in [-0.15, -0.1) is 0 Å². The van der Waals surface area contributed by atoms with E-state index < -0.39 is 0 Å². The first-order valence-electron chi connectivity index (χ1n) is 10.6. The van der Waals surface area contributed by atoms with E-state index in [2.05, 4.69) is 15.4 Å². The van der Waals surface area contributed by atoms with Gasteiger partial charge in [0, 0.05) is 41.3 Å². The SMILES string of the molecule is Cc1ncccc1COc1ccc(CC(=O)NC(c2ccc(Cl)cc2)c2cnn(C)c2)cc1. The zero-order chi connectivity index (χ0) is 23.2. The molecular formula is C26H25ClN4O2. The molecule has 1 N–H and O–H groups in total. The van der Waals surface area contributed by atoms with E-state index in [1.54, 1.807) is 17.1 Å². The van der Waals surface area contributed by atoms with Crippen molar-refractivity contribution < 1.29 is 9.53 Å². The van der Waals surface area contributed by atoms with Gasteiger partial charge in [-0.25, -0.2) is 0 Å². The lowest BCUT2D eigenvalue weighted by Crippen LogP contribution is -2.30. The lowest BCUT2D eigenvalue weighted by molar-refractivity contribution is -0.120. The topological polar surface area (TPSA) is 69.0 Å². The molecule has 0 radical (unpaired) electrons. The minimum atomic E-state index is -0.311. The number of aryl methyl sites for hydroxylation is 2. The Morgan fingerprint density at radius 1 is 1.09 bits per heavy atom. The number of amides is 1. The number of nitrogens with one attached hydrogen (secondary N) is 1. The minimum absolute atomic E-state index is 0.0848. The van der Waals surface area contributed by atoms with Gasteiger partial charge in [-0.3, -0.25) is 14.5 Å². The number of pyridine rings is 1. The van der Waals surface area contributed by atoms with E-state index in [9.17, 15) is 4.79 Å². The third-order valence-electron chi connectivity index (χ3n) is 5.37. The zero-order valence-electron chi connectivity index (χ0n) is 18.5. The highest BCUT2D eigenvalue weighted by Crippen LogP contribution is 2.24. The van der Waals surface area contributed by atoms with Crippen LogP contribution in [0.3, 0.4) is 0 Å². The van der Waals surface area contributed by atoms with Crippen molar-refractivity contribution in [1.29, 1.82) is 0 Å².